The molecule has 0 heterocycles. The molecule has 1 aliphatic rings. The third kappa shape index (κ3) is 4.30. The van der Waals surface area contributed by atoms with Gasteiger partial charge in [-0.1, -0.05) is 0 Å². The van der Waals surface area contributed by atoms with Crippen molar-refractivity contribution in [3.05, 3.63) is 34.4 Å². The molecular formula is C18H22N2O5. The van der Waals surface area contributed by atoms with Gasteiger partial charge in [0, 0.05) is 25.1 Å². The second-order valence-electron chi connectivity index (χ2n) is 6.38. The van der Waals surface area contributed by atoms with Crippen LogP contribution in [0.1, 0.15) is 51.6 Å². The van der Waals surface area contributed by atoms with Crippen LogP contribution in [0.5, 0.6) is 0 Å². The fourth-order valence-corrected chi connectivity index (χ4v) is 3.01. The van der Waals surface area contributed by atoms with Crippen LogP contribution in [0.2, 0.25) is 0 Å². The van der Waals surface area contributed by atoms with E-state index in [4.69, 9.17) is 0 Å². The van der Waals surface area contributed by atoms with E-state index >= 15 is 0 Å². The monoisotopic (exact) mass is 346 g/mol. The Labute approximate surface area is 146 Å². The maximum Gasteiger partial charge on any atom is 0.254 e. The van der Waals surface area contributed by atoms with Gasteiger partial charge in [0.2, 0.25) is 12.3 Å². The molecule has 0 fully saturated rings. The molecule has 2 rings (SSSR count). The van der Waals surface area contributed by atoms with Gasteiger partial charge in [0.05, 0.1) is 11.7 Å². The highest BCUT2D eigenvalue weighted by molar-refractivity contribution is 6.02. The first-order chi connectivity index (χ1) is 11.9. The molecule has 0 saturated carbocycles. The van der Waals surface area contributed by atoms with Crippen LogP contribution >= 0.6 is 0 Å². The van der Waals surface area contributed by atoms with Gasteiger partial charge in [-0.05, 0) is 49.4 Å². The molecule has 3 amide bonds. The highest BCUT2D eigenvalue weighted by Gasteiger charge is 2.26. The van der Waals surface area contributed by atoms with Gasteiger partial charge in [-0.15, -0.1) is 0 Å². The molecule has 134 valence electrons. The van der Waals surface area contributed by atoms with E-state index in [1.165, 1.54) is 4.90 Å². The molecule has 0 aromatic heterocycles. The number of benzene rings is 1. The number of amides is 3. The zero-order valence-corrected chi connectivity index (χ0v) is 14.3. The summed E-state index contributed by atoms with van der Waals surface area (Å²) in [5, 5.41) is 11.8. The van der Waals surface area contributed by atoms with Crippen molar-refractivity contribution in [3.63, 3.8) is 0 Å². The zero-order chi connectivity index (χ0) is 18.6. The molecule has 0 saturated heterocycles. The van der Waals surface area contributed by atoms with Gasteiger partial charge < -0.3 is 10.0 Å². The average molecular weight is 346 g/mol. The predicted octanol–water partition coefficient (Wildman–Crippen LogP) is 0.472. The Morgan fingerprint density at radius 1 is 1.32 bits per heavy atom. The van der Waals surface area contributed by atoms with E-state index in [2.05, 4.69) is 5.32 Å². The number of aliphatic hydroxyl groups is 1. The minimum Gasteiger partial charge on any atom is -0.392 e. The Hall–Kier alpha value is -2.54. The summed E-state index contributed by atoms with van der Waals surface area (Å²) < 4.78 is 0. The molecule has 1 aromatic carbocycles. The lowest BCUT2D eigenvalue weighted by atomic mass is 9.99. The SMILES string of the molecule is CC(CCC(=O)NC=O)N(C)C(=O)c1cc2c(cc1C=O)CC(O)C2. The molecule has 0 spiro atoms. The lowest BCUT2D eigenvalue weighted by molar-refractivity contribution is -0.125. The van der Waals surface area contributed by atoms with Crippen molar-refractivity contribution >= 4 is 24.5 Å². The van der Waals surface area contributed by atoms with Gasteiger partial charge in [-0.3, -0.25) is 24.5 Å². The smallest absolute Gasteiger partial charge is 0.254 e. The number of nitrogens with zero attached hydrogens (tertiary/aromatic N) is 1. The van der Waals surface area contributed by atoms with Crippen LogP contribution in [0.3, 0.4) is 0 Å². The number of imide groups is 1. The fraction of sp³-hybridized carbons (Fsp3) is 0.444. The lowest BCUT2D eigenvalue weighted by Crippen LogP contribution is -2.36. The molecule has 2 unspecified atom stereocenters. The van der Waals surface area contributed by atoms with Crippen LogP contribution in [0, 0.1) is 0 Å². The average Bonchev–Trinajstić information content (AvgIpc) is 2.96. The van der Waals surface area contributed by atoms with Crippen molar-refractivity contribution < 1.29 is 24.3 Å². The van der Waals surface area contributed by atoms with Crippen LogP contribution in [-0.2, 0) is 22.4 Å². The molecule has 0 radical (unpaired) electrons. The third-order valence-corrected chi connectivity index (χ3v) is 4.63. The fourth-order valence-electron chi connectivity index (χ4n) is 3.01. The number of fused-ring (bicyclic) bond motifs is 1. The quantitative estimate of drug-likeness (QED) is 0.699. The van der Waals surface area contributed by atoms with Crippen molar-refractivity contribution in [1.29, 1.82) is 0 Å². The van der Waals surface area contributed by atoms with Crippen LogP contribution in [0.15, 0.2) is 12.1 Å². The molecular weight excluding hydrogens is 324 g/mol. The number of hydrogen-bond acceptors (Lipinski definition) is 5. The van der Waals surface area contributed by atoms with Gasteiger partial charge in [0.15, 0.2) is 6.29 Å². The standard InChI is InChI=1S/C18H22N2O5/c1-11(3-4-17(24)19-10-22)20(2)18(25)16-8-13-7-15(23)6-12(13)5-14(16)9-21/h5,8-11,15,23H,3-4,6-7H2,1-2H3,(H,19,22,24). The number of carbonyl (C=O) groups excluding carboxylic acids is 4. The van der Waals surface area contributed by atoms with E-state index in [9.17, 15) is 24.3 Å². The molecule has 1 aromatic rings. The Morgan fingerprint density at radius 2 is 1.96 bits per heavy atom. The van der Waals surface area contributed by atoms with Crippen molar-refractivity contribution in [2.24, 2.45) is 0 Å². The minimum atomic E-state index is -0.479. The maximum absolute atomic E-state index is 12.8. The van der Waals surface area contributed by atoms with Gasteiger partial charge in [-0.25, -0.2) is 0 Å². The summed E-state index contributed by atoms with van der Waals surface area (Å²) in [5.74, 6) is -0.711. The molecule has 2 N–H and O–H groups in total. The maximum atomic E-state index is 12.8. The van der Waals surface area contributed by atoms with Crippen molar-refractivity contribution in [3.8, 4) is 0 Å². The summed E-state index contributed by atoms with van der Waals surface area (Å²) >= 11 is 0. The summed E-state index contributed by atoms with van der Waals surface area (Å²) in [6.07, 6.45) is 1.97. The Kier molecular flexibility index (Phi) is 6.03. The van der Waals surface area contributed by atoms with E-state index in [1.54, 1.807) is 26.1 Å². The van der Waals surface area contributed by atoms with E-state index < -0.39 is 12.0 Å². The highest BCUT2D eigenvalue weighted by Crippen LogP contribution is 2.26. The largest absolute Gasteiger partial charge is 0.392 e. The highest BCUT2D eigenvalue weighted by atomic mass is 16.3. The van der Waals surface area contributed by atoms with Crippen LogP contribution in [0.4, 0.5) is 0 Å². The predicted molar refractivity (Wildman–Crippen MR) is 90.2 cm³/mol. The number of hydrogen-bond donors (Lipinski definition) is 2. The normalized spacial score (nSPS) is 16.7. The van der Waals surface area contributed by atoms with Crippen LogP contribution in [-0.4, -0.2) is 53.7 Å². The Morgan fingerprint density at radius 3 is 2.56 bits per heavy atom. The molecule has 2 atom stereocenters. The second kappa shape index (κ2) is 8.02. The Balaban J connectivity index is 2.13. The minimum absolute atomic E-state index is 0.119. The number of nitrogens with one attached hydrogen (secondary N) is 1. The first-order valence-corrected chi connectivity index (χ1v) is 8.16. The Bertz CT molecular complexity index is 701. The van der Waals surface area contributed by atoms with Gasteiger partial charge in [0.1, 0.15) is 0 Å². The number of rotatable bonds is 7. The summed E-state index contributed by atoms with van der Waals surface area (Å²) in [6, 6.07) is 3.10. The van der Waals surface area contributed by atoms with E-state index in [1.807, 2.05) is 0 Å². The molecule has 7 heteroatoms. The van der Waals surface area contributed by atoms with Crippen molar-refractivity contribution in [2.45, 2.75) is 44.8 Å². The third-order valence-electron chi connectivity index (χ3n) is 4.63. The first-order valence-electron chi connectivity index (χ1n) is 8.16. The molecule has 1 aliphatic carbocycles. The van der Waals surface area contributed by atoms with Crippen LogP contribution < -0.4 is 5.32 Å². The number of aliphatic hydroxyl groups excluding tert-OH is 1. The van der Waals surface area contributed by atoms with E-state index in [0.29, 0.717) is 43.1 Å². The summed E-state index contributed by atoms with van der Waals surface area (Å²) in [6.45, 7) is 1.80. The molecule has 0 aliphatic heterocycles. The van der Waals surface area contributed by atoms with Gasteiger partial charge in [-0.2, -0.15) is 0 Å². The summed E-state index contributed by atoms with van der Waals surface area (Å²) in [5.41, 5.74) is 2.38. The molecule has 0 bridgehead atoms. The van der Waals surface area contributed by atoms with E-state index in [0.717, 1.165) is 11.1 Å². The zero-order valence-electron chi connectivity index (χ0n) is 14.3. The topological polar surface area (TPSA) is 104 Å². The van der Waals surface area contributed by atoms with Gasteiger partial charge in [0.25, 0.3) is 5.91 Å². The van der Waals surface area contributed by atoms with Crippen molar-refractivity contribution in [1.82, 2.24) is 10.2 Å². The number of aldehydes is 1. The molecule has 25 heavy (non-hydrogen) atoms. The summed E-state index contributed by atoms with van der Waals surface area (Å²) in [4.78, 5) is 47.2. The van der Waals surface area contributed by atoms with Crippen LogP contribution in [0.25, 0.3) is 0 Å². The summed E-state index contributed by atoms with van der Waals surface area (Å²) in [7, 11) is 1.61. The molecule has 7 nitrogen and oxygen atoms in total. The number of carbonyl (C=O) groups is 4. The second-order valence-corrected chi connectivity index (χ2v) is 6.38. The van der Waals surface area contributed by atoms with Gasteiger partial charge >= 0.3 is 0 Å². The lowest BCUT2D eigenvalue weighted by Gasteiger charge is -2.25. The first kappa shape index (κ1) is 18.8. The van der Waals surface area contributed by atoms with E-state index in [-0.39, 0.29) is 18.4 Å². The van der Waals surface area contributed by atoms with Crippen molar-refractivity contribution in [2.75, 3.05) is 7.05 Å².